The Morgan fingerprint density at radius 2 is 1.76 bits per heavy atom. The molecule has 0 unspecified atom stereocenters. The van der Waals surface area contributed by atoms with Gasteiger partial charge >= 0.3 is 5.97 Å². The van der Waals surface area contributed by atoms with Gasteiger partial charge in [-0.1, -0.05) is 12.1 Å². The number of carbonyl (C=O) groups is 1. The molecule has 2 N–H and O–H groups in total. The fourth-order valence-electron chi connectivity index (χ4n) is 2.00. The molecule has 110 valence electrons. The smallest absolute Gasteiger partial charge is 0.337 e. The second-order valence-electron chi connectivity index (χ2n) is 4.62. The topological polar surface area (TPSA) is 66.8 Å². The first-order valence-corrected chi connectivity index (χ1v) is 7.18. The number of methoxy groups -OCH3 is 1. The molecule has 0 aliphatic carbocycles. The van der Waals surface area contributed by atoms with Gasteiger partial charge in [0.2, 0.25) is 0 Å². The van der Waals surface area contributed by atoms with E-state index in [1.807, 2.05) is 12.1 Å². The first kappa shape index (κ1) is 15.4. The number of hydrogen-bond donors (Lipinski definition) is 2. The lowest BCUT2D eigenvalue weighted by molar-refractivity contribution is 0.0600. The fraction of sp³-hybridized carbons (Fsp3) is 0.188. The molecule has 0 saturated carbocycles. The van der Waals surface area contributed by atoms with Crippen molar-refractivity contribution >= 4 is 21.9 Å². The highest BCUT2D eigenvalue weighted by molar-refractivity contribution is 9.10. The number of esters is 1. The van der Waals surface area contributed by atoms with Crippen molar-refractivity contribution in [2.45, 2.75) is 12.8 Å². The average Bonchev–Trinajstić information content (AvgIpc) is 2.49. The highest BCUT2D eigenvalue weighted by Crippen LogP contribution is 2.31. The number of rotatable bonds is 4. The third-order valence-electron chi connectivity index (χ3n) is 3.21. The summed E-state index contributed by atoms with van der Waals surface area (Å²) in [5, 5.41) is 19.5. The lowest BCUT2D eigenvalue weighted by atomic mass is 10.0. The predicted molar refractivity (Wildman–Crippen MR) is 82.7 cm³/mol. The second kappa shape index (κ2) is 6.63. The number of benzene rings is 2. The highest BCUT2D eigenvalue weighted by atomic mass is 79.9. The molecule has 0 aromatic heterocycles. The van der Waals surface area contributed by atoms with Crippen molar-refractivity contribution in [1.29, 1.82) is 0 Å². The normalized spacial score (nSPS) is 10.4. The van der Waals surface area contributed by atoms with Crippen molar-refractivity contribution in [3.05, 3.63) is 57.6 Å². The highest BCUT2D eigenvalue weighted by Gasteiger charge is 2.08. The molecule has 0 amide bonds. The zero-order chi connectivity index (χ0) is 15.4. The lowest BCUT2D eigenvalue weighted by Gasteiger charge is -2.07. The molecule has 0 spiro atoms. The first-order valence-electron chi connectivity index (χ1n) is 6.39. The van der Waals surface area contributed by atoms with Gasteiger partial charge in [0.1, 0.15) is 11.5 Å². The van der Waals surface area contributed by atoms with Crippen LogP contribution >= 0.6 is 15.9 Å². The Labute approximate surface area is 131 Å². The summed E-state index contributed by atoms with van der Waals surface area (Å²) in [5.74, 6) is -0.119. The third-order valence-corrected chi connectivity index (χ3v) is 3.84. The molecule has 4 nitrogen and oxygen atoms in total. The number of phenols is 2. The van der Waals surface area contributed by atoms with Crippen LogP contribution in [0.1, 0.15) is 21.5 Å². The summed E-state index contributed by atoms with van der Waals surface area (Å²) in [6.07, 6.45) is 1.28. The average molecular weight is 351 g/mol. The van der Waals surface area contributed by atoms with Gasteiger partial charge in [-0.3, -0.25) is 0 Å². The molecule has 0 radical (unpaired) electrons. The Kier molecular flexibility index (Phi) is 4.85. The van der Waals surface area contributed by atoms with Crippen LogP contribution in [0.15, 0.2) is 40.9 Å². The van der Waals surface area contributed by atoms with Gasteiger partial charge in [-0.15, -0.1) is 0 Å². The van der Waals surface area contributed by atoms with Gasteiger partial charge in [-0.2, -0.15) is 0 Å². The van der Waals surface area contributed by atoms with E-state index in [0.717, 1.165) is 5.56 Å². The Hall–Kier alpha value is -2.01. The molecule has 0 bridgehead atoms. The number of halogens is 1. The Morgan fingerprint density at radius 1 is 1.10 bits per heavy atom. The van der Waals surface area contributed by atoms with Crippen molar-refractivity contribution in [3.63, 3.8) is 0 Å². The van der Waals surface area contributed by atoms with Gasteiger partial charge in [0.25, 0.3) is 0 Å². The van der Waals surface area contributed by atoms with Crippen LogP contribution in [-0.4, -0.2) is 23.3 Å². The van der Waals surface area contributed by atoms with E-state index in [2.05, 4.69) is 20.7 Å². The second-order valence-corrected chi connectivity index (χ2v) is 5.48. The number of phenolic OH excluding ortho intramolecular Hbond substituents is 2. The van der Waals surface area contributed by atoms with E-state index in [1.54, 1.807) is 18.2 Å². The number of carbonyl (C=O) groups excluding carboxylic acids is 1. The Balaban J connectivity index is 2.06. The Morgan fingerprint density at radius 3 is 2.38 bits per heavy atom. The van der Waals surface area contributed by atoms with Crippen LogP contribution < -0.4 is 0 Å². The molecular weight excluding hydrogens is 336 g/mol. The molecule has 0 atom stereocenters. The summed E-state index contributed by atoms with van der Waals surface area (Å²) in [6.45, 7) is 0. The van der Waals surface area contributed by atoms with Gasteiger partial charge in [0.05, 0.1) is 17.1 Å². The molecule has 21 heavy (non-hydrogen) atoms. The molecular formula is C16H15BrO4. The summed E-state index contributed by atoms with van der Waals surface area (Å²) >= 11 is 3.15. The molecule has 2 aromatic carbocycles. The van der Waals surface area contributed by atoms with Crippen molar-refractivity contribution in [2.75, 3.05) is 7.11 Å². The molecule has 0 saturated heterocycles. The standard InChI is InChI=1S/C16H15BrO4/c1-21-16(20)11-5-2-10(3-6-11)4-7-12-8-15(19)13(17)9-14(12)18/h2-3,5-6,8-9,18-19H,4,7H2,1H3. The molecule has 0 fully saturated rings. The van der Waals surface area contributed by atoms with Crippen LogP contribution in [0.3, 0.4) is 0 Å². The third kappa shape index (κ3) is 3.76. The summed E-state index contributed by atoms with van der Waals surface area (Å²) in [6, 6.07) is 10.1. The Bertz CT molecular complexity index is 650. The maximum Gasteiger partial charge on any atom is 0.337 e. The number of hydrogen-bond acceptors (Lipinski definition) is 4. The van der Waals surface area contributed by atoms with Crippen LogP contribution in [0.4, 0.5) is 0 Å². The summed E-state index contributed by atoms with van der Waals surface area (Å²) < 4.78 is 5.11. The van der Waals surface area contributed by atoms with Crippen molar-refractivity contribution in [3.8, 4) is 11.5 Å². The monoisotopic (exact) mass is 350 g/mol. The molecule has 0 heterocycles. The van der Waals surface area contributed by atoms with Gasteiger partial charge in [0, 0.05) is 0 Å². The molecule has 0 aliphatic rings. The van der Waals surface area contributed by atoms with Crippen LogP contribution in [0.25, 0.3) is 0 Å². The fourth-order valence-corrected chi connectivity index (χ4v) is 2.33. The van der Waals surface area contributed by atoms with Gasteiger partial charge < -0.3 is 14.9 Å². The maximum absolute atomic E-state index is 11.3. The molecule has 2 rings (SSSR count). The minimum absolute atomic E-state index is 0.101. The summed E-state index contributed by atoms with van der Waals surface area (Å²) in [4.78, 5) is 11.3. The van der Waals surface area contributed by atoms with Crippen LogP contribution in [0.2, 0.25) is 0 Å². The zero-order valence-corrected chi connectivity index (χ0v) is 13.1. The minimum Gasteiger partial charge on any atom is -0.508 e. The largest absolute Gasteiger partial charge is 0.508 e. The molecule has 5 heteroatoms. The quantitative estimate of drug-likeness (QED) is 0.654. The summed E-state index contributed by atoms with van der Waals surface area (Å²) in [7, 11) is 1.35. The molecule has 2 aromatic rings. The van der Waals surface area contributed by atoms with E-state index in [1.165, 1.54) is 13.2 Å². The van der Waals surface area contributed by atoms with Crippen LogP contribution in [0, 0.1) is 0 Å². The van der Waals surface area contributed by atoms with Crippen LogP contribution in [-0.2, 0) is 17.6 Å². The van der Waals surface area contributed by atoms with Gasteiger partial charge in [-0.25, -0.2) is 4.79 Å². The molecule has 0 aliphatic heterocycles. The van der Waals surface area contributed by atoms with Crippen LogP contribution in [0.5, 0.6) is 11.5 Å². The number of aryl methyl sites for hydroxylation is 2. The predicted octanol–water partition coefficient (Wildman–Crippen LogP) is 3.43. The van der Waals surface area contributed by atoms with Crippen molar-refractivity contribution in [2.24, 2.45) is 0 Å². The summed E-state index contributed by atoms with van der Waals surface area (Å²) in [5.41, 5.74) is 2.21. The maximum atomic E-state index is 11.3. The van der Waals surface area contributed by atoms with Crippen molar-refractivity contribution in [1.82, 2.24) is 0 Å². The van der Waals surface area contributed by atoms with Crippen molar-refractivity contribution < 1.29 is 19.7 Å². The van der Waals surface area contributed by atoms with E-state index < -0.39 is 0 Å². The minimum atomic E-state index is -0.364. The SMILES string of the molecule is COC(=O)c1ccc(CCc2cc(O)c(Br)cc2O)cc1. The first-order chi connectivity index (χ1) is 10.0. The van der Waals surface area contributed by atoms with Gasteiger partial charge in [-0.05, 0) is 64.2 Å². The van der Waals surface area contributed by atoms with E-state index in [0.29, 0.717) is 28.4 Å². The zero-order valence-electron chi connectivity index (χ0n) is 11.5. The van der Waals surface area contributed by atoms with E-state index in [9.17, 15) is 15.0 Å². The number of ether oxygens (including phenoxy) is 1. The lowest BCUT2D eigenvalue weighted by Crippen LogP contribution is -2.01. The van der Waals surface area contributed by atoms with Gasteiger partial charge in [0.15, 0.2) is 0 Å². The van der Waals surface area contributed by atoms with E-state index in [-0.39, 0.29) is 17.5 Å². The van der Waals surface area contributed by atoms with E-state index >= 15 is 0 Å². The van der Waals surface area contributed by atoms with E-state index in [4.69, 9.17) is 0 Å². The number of aromatic hydroxyl groups is 2.